The van der Waals surface area contributed by atoms with Gasteiger partial charge in [-0.1, -0.05) is 0 Å². The molecule has 0 aliphatic carbocycles. The number of hydrogen-bond donors (Lipinski definition) is 3. The SMILES string of the molecule is O=C(O)CCCn1ccc2nc(-n3cc(C(=O)O)cn3)[nH]c(=O)c21. The third-order valence-corrected chi connectivity index (χ3v) is 3.45. The molecular weight excluding hydrogens is 318 g/mol. The number of carboxylic acids is 2. The van der Waals surface area contributed by atoms with E-state index in [1.165, 1.54) is 10.9 Å². The Morgan fingerprint density at radius 1 is 1.29 bits per heavy atom. The Morgan fingerprint density at radius 2 is 2.08 bits per heavy atom. The Bertz CT molecular complexity index is 983. The van der Waals surface area contributed by atoms with Gasteiger partial charge in [0.25, 0.3) is 5.56 Å². The summed E-state index contributed by atoms with van der Waals surface area (Å²) in [6, 6.07) is 1.64. The third-order valence-electron chi connectivity index (χ3n) is 3.45. The number of H-pyrrole nitrogens is 1. The Morgan fingerprint density at radius 3 is 2.75 bits per heavy atom. The number of carboxylic acid groups (broad SMARTS) is 2. The average Bonchev–Trinajstić information content (AvgIpc) is 3.14. The molecule has 0 spiro atoms. The molecule has 3 N–H and O–H groups in total. The van der Waals surface area contributed by atoms with Crippen molar-refractivity contribution >= 4 is 23.0 Å². The standard InChI is InChI=1S/C14H13N5O5/c20-10(21)2-1-4-18-5-3-9-11(18)12(22)17-14(16-9)19-7-8(6-15-19)13(23)24/h3,5-7H,1-2,4H2,(H,20,21)(H,23,24)(H,16,17,22). The highest BCUT2D eigenvalue weighted by Gasteiger charge is 2.13. The lowest BCUT2D eigenvalue weighted by atomic mass is 10.3. The van der Waals surface area contributed by atoms with Gasteiger partial charge in [0.1, 0.15) is 5.52 Å². The molecule has 0 aliphatic rings. The summed E-state index contributed by atoms with van der Waals surface area (Å²) in [4.78, 5) is 40.6. The van der Waals surface area contributed by atoms with Gasteiger partial charge in [-0.15, -0.1) is 0 Å². The minimum atomic E-state index is -1.13. The molecule has 10 nitrogen and oxygen atoms in total. The second kappa shape index (κ2) is 5.99. The number of nitrogens with one attached hydrogen (secondary N) is 1. The maximum absolute atomic E-state index is 12.3. The molecule has 24 heavy (non-hydrogen) atoms. The van der Waals surface area contributed by atoms with Gasteiger partial charge in [0.05, 0.1) is 17.3 Å². The van der Waals surface area contributed by atoms with E-state index < -0.39 is 17.5 Å². The summed E-state index contributed by atoms with van der Waals surface area (Å²) in [5.41, 5.74) is 0.304. The van der Waals surface area contributed by atoms with Crippen LogP contribution in [0.4, 0.5) is 0 Å². The first-order chi connectivity index (χ1) is 11.5. The maximum Gasteiger partial charge on any atom is 0.338 e. The van der Waals surface area contributed by atoms with Crippen molar-refractivity contribution in [1.82, 2.24) is 24.3 Å². The van der Waals surface area contributed by atoms with Gasteiger partial charge in [-0.25, -0.2) is 14.5 Å². The van der Waals surface area contributed by atoms with Gasteiger partial charge in [0.2, 0.25) is 5.95 Å². The zero-order valence-corrected chi connectivity index (χ0v) is 12.3. The second-order valence-electron chi connectivity index (χ2n) is 5.11. The van der Waals surface area contributed by atoms with Gasteiger partial charge in [-0.05, 0) is 12.5 Å². The summed E-state index contributed by atoms with van der Waals surface area (Å²) in [7, 11) is 0. The van der Waals surface area contributed by atoms with E-state index in [9.17, 15) is 14.4 Å². The molecule has 0 amide bonds. The predicted molar refractivity (Wildman–Crippen MR) is 81.3 cm³/mol. The van der Waals surface area contributed by atoms with Gasteiger partial charge in [0, 0.05) is 25.4 Å². The molecule has 0 saturated heterocycles. The smallest absolute Gasteiger partial charge is 0.338 e. The lowest BCUT2D eigenvalue weighted by Gasteiger charge is -2.04. The molecule has 3 rings (SSSR count). The van der Waals surface area contributed by atoms with E-state index in [0.29, 0.717) is 24.0 Å². The Balaban J connectivity index is 1.95. The largest absolute Gasteiger partial charge is 0.481 e. The lowest BCUT2D eigenvalue weighted by Crippen LogP contribution is -2.16. The van der Waals surface area contributed by atoms with Crippen molar-refractivity contribution in [2.45, 2.75) is 19.4 Å². The molecule has 0 unspecified atom stereocenters. The van der Waals surface area contributed by atoms with Crippen LogP contribution in [0.25, 0.3) is 17.0 Å². The van der Waals surface area contributed by atoms with E-state index >= 15 is 0 Å². The van der Waals surface area contributed by atoms with E-state index in [4.69, 9.17) is 10.2 Å². The van der Waals surface area contributed by atoms with Crippen LogP contribution in [0.3, 0.4) is 0 Å². The zero-order valence-electron chi connectivity index (χ0n) is 12.3. The monoisotopic (exact) mass is 331 g/mol. The van der Waals surface area contributed by atoms with E-state index in [1.807, 2.05) is 0 Å². The highest BCUT2D eigenvalue weighted by atomic mass is 16.4. The Kier molecular flexibility index (Phi) is 3.86. The molecule has 124 valence electrons. The molecule has 3 aromatic heterocycles. The summed E-state index contributed by atoms with van der Waals surface area (Å²) in [6.07, 6.45) is 4.46. The van der Waals surface area contributed by atoms with E-state index in [1.54, 1.807) is 16.8 Å². The lowest BCUT2D eigenvalue weighted by molar-refractivity contribution is -0.137. The fourth-order valence-electron chi connectivity index (χ4n) is 2.35. The first-order valence-electron chi connectivity index (χ1n) is 7.05. The van der Waals surface area contributed by atoms with Crippen molar-refractivity contribution in [2.75, 3.05) is 0 Å². The molecule has 0 atom stereocenters. The normalized spacial score (nSPS) is 11.0. The third kappa shape index (κ3) is 2.89. The van der Waals surface area contributed by atoms with E-state index in [-0.39, 0.29) is 17.9 Å². The van der Waals surface area contributed by atoms with Gasteiger partial charge >= 0.3 is 11.9 Å². The molecule has 0 saturated carbocycles. The number of fused-ring (bicyclic) bond motifs is 1. The second-order valence-corrected chi connectivity index (χ2v) is 5.11. The van der Waals surface area contributed by atoms with Crippen LogP contribution in [0.5, 0.6) is 0 Å². The first kappa shape index (κ1) is 15.5. The van der Waals surface area contributed by atoms with E-state index in [0.717, 1.165) is 6.20 Å². The molecule has 10 heteroatoms. The van der Waals surface area contributed by atoms with Crippen LogP contribution in [0, 0.1) is 0 Å². The van der Waals surface area contributed by atoms with Gasteiger partial charge in [-0.2, -0.15) is 5.10 Å². The van der Waals surface area contributed by atoms with Crippen LogP contribution in [-0.2, 0) is 11.3 Å². The fraction of sp³-hybridized carbons (Fsp3) is 0.214. The summed E-state index contributed by atoms with van der Waals surface area (Å²) < 4.78 is 2.81. The van der Waals surface area contributed by atoms with Crippen molar-refractivity contribution in [2.24, 2.45) is 0 Å². The Hall–Kier alpha value is -3.43. The van der Waals surface area contributed by atoms with Gasteiger partial charge < -0.3 is 14.8 Å². The van der Waals surface area contributed by atoms with Crippen LogP contribution >= 0.6 is 0 Å². The minimum absolute atomic E-state index is 0.00828. The van der Waals surface area contributed by atoms with Crippen LogP contribution in [0.2, 0.25) is 0 Å². The highest BCUT2D eigenvalue weighted by molar-refractivity contribution is 5.87. The molecule has 0 bridgehead atoms. The van der Waals surface area contributed by atoms with Crippen molar-refractivity contribution in [1.29, 1.82) is 0 Å². The van der Waals surface area contributed by atoms with Gasteiger partial charge in [0.15, 0.2) is 0 Å². The fourth-order valence-corrected chi connectivity index (χ4v) is 2.35. The number of carbonyl (C=O) groups is 2. The molecule has 3 aromatic rings. The summed E-state index contributed by atoms with van der Waals surface area (Å²) >= 11 is 0. The highest BCUT2D eigenvalue weighted by Crippen LogP contribution is 2.12. The van der Waals surface area contributed by atoms with Crippen LogP contribution in [0.15, 0.2) is 29.5 Å². The van der Waals surface area contributed by atoms with E-state index in [2.05, 4.69) is 15.1 Å². The molecule has 0 aliphatic heterocycles. The Labute approximate surface area is 134 Å². The average molecular weight is 331 g/mol. The number of aromatic carboxylic acids is 1. The van der Waals surface area contributed by atoms with Crippen molar-refractivity contribution in [3.05, 3.63) is 40.6 Å². The maximum atomic E-state index is 12.3. The summed E-state index contributed by atoms with van der Waals surface area (Å²) in [5.74, 6) is -1.92. The topological polar surface area (TPSA) is 143 Å². The number of aromatic nitrogens is 5. The summed E-state index contributed by atoms with van der Waals surface area (Å²) in [5, 5.41) is 21.4. The van der Waals surface area contributed by atoms with Crippen LogP contribution in [-0.4, -0.2) is 46.5 Å². The zero-order chi connectivity index (χ0) is 17.3. The first-order valence-corrected chi connectivity index (χ1v) is 7.05. The number of hydrogen-bond acceptors (Lipinski definition) is 5. The summed E-state index contributed by atoms with van der Waals surface area (Å²) in [6.45, 7) is 0.380. The predicted octanol–water partition coefficient (Wildman–Crippen LogP) is 0.473. The number of rotatable bonds is 6. The molecule has 0 fully saturated rings. The number of aliphatic carboxylic acids is 1. The van der Waals surface area contributed by atoms with Crippen molar-refractivity contribution in [3.63, 3.8) is 0 Å². The number of aromatic amines is 1. The molecule has 0 aromatic carbocycles. The minimum Gasteiger partial charge on any atom is -0.481 e. The molecular formula is C14H13N5O5. The van der Waals surface area contributed by atoms with Gasteiger partial charge in [-0.3, -0.25) is 14.6 Å². The molecule has 3 heterocycles. The van der Waals surface area contributed by atoms with Crippen molar-refractivity contribution in [3.8, 4) is 5.95 Å². The number of nitrogens with zero attached hydrogens (tertiary/aromatic N) is 4. The van der Waals surface area contributed by atoms with Crippen LogP contribution < -0.4 is 5.56 Å². The quantitative estimate of drug-likeness (QED) is 0.595. The molecule has 0 radical (unpaired) electrons. The van der Waals surface area contributed by atoms with Crippen molar-refractivity contribution < 1.29 is 19.8 Å². The number of aryl methyl sites for hydroxylation is 1. The van der Waals surface area contributed by atoms with Crippen LogP contribution in [0.1, 0.15) is 23.2 Å².